The van der Waals surface area contributed by atoms with Crippen molar-refractivity contribution >= 4 is 21.0 Å². The molecule has 0 rings (SSSR count). The fourth-order valence-corrected chi connectivity index (χ4v) is 4.88. The van der Waals surface area contributed by atoms with Gasteiger partial charge in [-0.05, 0) is 44.9 Å². The van der Waals surface area contributed by atoms with E-state index in [1.165, 1.54) is 70.6 Å². The Morgan fingerprint density at radius 3 is 1.57 bits per heavy atom. The smallest absolute Gasteiger partial charge is 0.306 e. The Morgan fingerprint density at radius 2 is 1.05 bits per heavy atom. The van der Waals surface area contributed by atoms with E-state index in [2.05, 4.69) is 62.5 Å². The summed E-state index contributed by atoms with van der Waals surface area (Å²) in [5.41, 5.74) is 0. The highest BCUT2D eigenvalue weighted by molar-refractivity contribution is 7.24. The highest BCUT2D eigenvalue weighted by Crippen LogP contribution is 2.14. The van der Waals surface area contributed by atoms with E-state index >= 15 is 0 Å². The highest BCUT2D eigenvalue weighted by Gasteiger charge is 2.17. The van der Waals surface area contributed by atoms with Crippen LogP contribution in [0.3, 0.4) is 0 Å². The average molecular weight is 637 g/mol. The van der Waals surface area contributed by atoms with Gasteiger partial charge in [-0.3, -0.25) is 9.59 Å². The van der Waals surface area contributed by atoms with Gasteiger partial charge in [-0.2, -0.15) is 0 Å². The second-order valence-electron chi connectivity index (χ2n) is 11.5. The number of esters is 2. The minimum absolute atomic E-state index is 0.00366. The van der Waals surface area contributed by atoms with Crippen LogP contribution in [0.4, 0.5) is 0 Å². The first-order chi connectivity index (χ1) is 21.6. The first kappa shape index (κ1) is 42.2. The van der Waals surface area contributed by atoms with Gasteiger partial charge in [0.2, 0.25) is 0 Å². The topological polar surface area (TPSA) is 82.1 Å². The number of ether oxygens (including phenoxy) is 2. The van der Waals surface area contributed by atoms with Gasteiger partial charge in [-0.1, -0.05) is 146 Å². The van der Waals surface area contributed by atoms with Crippen molar-refractivity contribution in [1.82, 2.24) is 0 Å². The zero-order valence-corrected chi connectivity index (χ0v) is 29.2. The van der Waals surface area contributed by atoms with Crippen LogP contribution in [0.1, 0.15) is 155 Å². The minimum Gasteiger partial charge on any atom is -0.462 e. The zero-order chi connectivity index (χ0) is 32.2. The molecule has 0 aromatic heterocycles. The SMILES string of the molecule is CCC/C=C/C/C=C/C/C=C/C/C=C/CCCC(=O)OC(COPO)COC(=O)CCCCCCCCCCCCCCC. The van der Waals surface area contributed by atoms with Gasteiger partial charge >= 0.3 is 11.9 Å². The molecule has 0 aromatic carbocycles. The van der Waals surface area contributed by atoms with Gasteiger partial charge in [0.1, 0.15) is 6.61 Å². The van der Waals surface area contributed by atoms with Crippen LogP contribution in [0.5, 0.6) is 0 Å². The average Bonchev–Trinajstić information content (AvgIpc) is 3.02. The number of allylic oxidation sites excluding steroid dienone is 8. The highest BCUT2D eigenvalue weighted by atomic mass is 31.1. The maximum Gasteiger partial charge on any atom is 0.306 e. The van der Waals surface area contributed by atoms with E-state index in [0.717, 1.165) is 51.4 Å². The van der Waals surface area contributed by atoms with Crippen molar-refractivity contribution in [2.75, 3.05) is 13.2 Å². The predicted octanol–water partition coefficient (Wildman–Crippen LogP) is 10.8. The molecule has 254 valence electrons. The second kappa shape index (κ2) is 35.7. The number of hydrogen-bond acceptors (Lipinski definition) is 6. The van der Waals surface area contributed by atoms with Gasteiger partial charge in [0.05, 0.1) is 6.61 Å². The van der Waals surface area contributed by atoms with Gasteiger partial charge in [0, 0.05) is 12.8 Å². The summed E-state index contributed by atoms with van der Waals surface area (Å²) in [6.07, 6.45) is 40.2. The summed E-state index contributed by atoms with van der Waals surface area (Å²) < 4.78 is 15.8. The Labute approximate surface area is 272 Å². The van der Waals surface area contributed by atoms with Crippen LogP contribution >= 0.6 is 9.03 Å². The van der Waals surface area contributed by atoms with E-state index in [1.807, 2.05) is 0 Å². The van der Waals surface area contributed by atoms with Gasteiger partial charge in [-0.15, -0.1) is 0 Å². The summed E-state index contributed by atoms with van der Waals surface area (Å²) in [5, 5.41) is 0. The van der Waals surface area contributed by atoms with Crippen molar-refractivity contribution in [2.24, 2.45) is 0 Å². The van der Waals surface area contributed by atoms with E-state index in [0.29, 0.717) is 12.8 Å². The molecule has 0 aliphatic rings. The lowest BCUT2D eigenvalue weighted by molar-refractivity contribution is -0.160. The van der Waals surface area contributed by atoms with E-state index in [-0.39, 0.29) is 31.6 Å². The number of unbranched alkanes of at least 4 members (excludes halogenated alkanes) is 14. The van der Waals surface area contributed by atoms with Crippen molar-refractivity contribution < 1.29 is 28.5 Å². The molecule has 0 aromatic rings. The molecule has 0 saturated heterocycles. The molecule has 7 heteroatoms. The molecule has 0 aliphatic heterocycles. The lowest BCUT2D eigenvalue weighted by Gasteiger charge is -2.17. The molecule has 2 unspecified atom stereocenters. The molecule has 0 heterocycles. The Bertz CT molecular complexity index is 761. The Hall–Kier alpha value is -1.75. The van der Waals surface area contributed by atoms with Gasteiger partial charge in [-0.25, -0.2) is 0 Å². The summed E-state index contributed by atoms with van der Waals surface area (Å²) in [7, 11) is -0.709. The quantitative estimate of drug-likeness (QED) is 0.0342. The standard InChI is InChI=1S/C37H65O6P/c1-3-5-7-9-11-13-15-17-18-20-22-24-26-28-30-32-37(39)43-35(34-42-44-40)33-41-36(38)31-29-27-25-23-21-19-16-14-12-10-8-6-4-2/h7,9,13,15,18,20,24,26,35,40,44H,3-6,8,10-12,14,16-17,19,21-23,25,27-34H2,1-2H3/b9-7+,15-13+,20-18+,26-24+. The van der Waals surface area contributed by atoms with Crippen molar-refractivity contribution in [3.05, 3.63) is 48.6 Å². The molecule has 2 atom stereocenters. The zero-order valence-electron chi connectivity index (χ0n) is 28.2. The molecule has 0 radical (unpaired) electrons. The van der Waals surface area contributed by atoms with Crippen LogP contribution < -0.4 is 0 Å². The second-order valence-corrected chi connectivity index (χ2v) is 11.9. The third kappa shape index (κ3) is 33.1. The molecule has 1 N–H and O–H groups in total. The van der Waals surface area contributed by atoms with Crippen molar-refractivity contribution in [3.8, 4) is 0 Å². The summed E-state index contributed by atoms with van der Waals surface area (Å²) in [6.45, 7) is 4.39. The number of carbonyl (C=O) groups is 2. The van der Waals surface area contributed by atoms with Gasteiger partial charge in [0.15, 0.2) is 15.1 Å². The molecule has 0 amide bonds. The lowest BCUT2D eigenvalue weighted by atomic mass is 10.0. The number of hydrogen-bond donors (Lipinski definition) is 1. The van der Waals surface area contributed by atoms with Crippen LogP contribution in [0, 0.1) is 0 Å². The van der Waals surface area contributed by atoms with E-state index in [9.17, 15) is 9.59 Å². The molecule has 44 heavy (non-hydrogen) atoms. The molecule has 0 bridgehead atoms. The normalized spacial score (nSPS) is 13.0. The van der Waals surface area contributed by atoms with Crippen LogP contribution in [0.2, 0.25) is 0 Å². The maximum atomic E-state index is 12.3. The van der Waals surface area contributed by atoms with Gasteiger partial charge in [0.25, 0.3) is 0 Å². The van der Waals surface area contributed by atoms with Gasteiger partial charge < -0.3 is 18.9 Å². The van der Waals surface area contributed by atoms with Crippen molar-refractivity contribution in [1.29, 1.82) is 0 Å². The Balaban J connectivity index is 3.89. The Morgan fingerprint density at radius 1 is 0.568 bits per heavy atom. The fourth-order valence-electron chi connectivity index (χ4n) is 4.62. The number of rotatable bonds is 32. The van der Waals surface area contributed by atoms with Crippen molar-refractivity contribution in [2.45, 2.75) is 161 Å². The van der Waals surface area contributed by atoms with E-state index in [1.54, 1.807) is 0 Å². The molecule has 6 nitrogen and oxygen atoms in total. The summed E-state index contributed by atoms with van der Waals surface area (Å²) in [6, 6.07) is 0. The fraction of sp³-hybridized carbons (Fsp3) is 0.730. The maximum absolute atomic E-state index is 12.3. The summed E-state index contributed by atoms with van der Waals surface area (Å²) >= 11 is 0. The van der Waals surface area contributed by atoms with E-state index in [4.69, 9.17) is 18.9 Å². The summed E-state index contributed by atoms with van der Waals surface area (Å²) in [5.74, 6) is -0.632. The molecule has 0 fully saturated rings. The van der Waals surface area contributed by atoms with Crippen LogP contribution in [0.25, 0.3) is 0 Å². The third-order valence-corrected chi connectivity index (χ3v) is 7.53. The van der Waals surface area contributed by atoms with Crippen molar-refractivity contribution in [3.63, 3.8) is 0 Å². The Kier molecular flexibility index (Phi) is 34.3. The summed E-state index contributed by atoms with van der Waals surface area (Å²) in [4.78, 5) is 33.5. The number of carbonyl (C=O) groups excluding carboxylic acids is 2. The molecule has 0 spiro atoms. The van der Waals surface area contributed by atoms with E-state index < -0.39 is 15.1 Å². The first-order valence-electron chi connectivity index (χ1n) is 17.6. The molecular weight excluding hydrogens is 571 g/mol. The third-order valence-electron chi connectivity index (χ3n) is 7.24. The predicted molar refractivity (Wildman–Crippen MR) is 187 cm³/mol. The lowest BCUT2D eigenvalue weighted by Crippen LogP contribution is -2.29. The van der Waals surface area contributed by atoms with Crippen LogP contribution in [-0.2, 0) is 23.6 Å². The first-order valence-corrected chi connectivity index (χ1v) is 18.4. The largest absolute Gasteiger partial charge is 0.462 e. The minimum atomic E-state index is -0.709. The monoisotopic (exact) mass is 636 g/mol. The molecular formula is C37H65O6P. The van der Waals surface area contributed by atoms with Crippen LogP contribution in [0.15, 0.2) is 48.6 Å². The van der Waals surface area contributed by atoms with Crippen LogP contribution in [-0.4, -0.2) is 36.1 Å². The molecule has 0 saturated carbocycles. The molecule has 0 aliphatic carbocycles.